The van der Waals surface area contributed by atoms with Gasteiger partial charge in [-0.3, -0.25) is 0 Å². The van der Waals surface area contributed by atoms with Crippen molar-refractivity contribution in [2.24, 2.45) is 10.2 Å². The van der Waals surface area contributed by atoms with Crippen LogP contribution in [0.25, 0.3) is 0 Å². The third-order valence-electron chi connectivity index (χ3n) is 4.30. The van der Waals surface area contributed by atoms with Gasteiger partial charge >= 0.3 is 179 Å². The van der Waals surface area contributed by atoms with Crippen LogP contribution in [0.4, 0.5) is 11.4 Å². The van der Waals surface area contributed by atoms with E-state index in [4.69, 9.17) is 4.52 Å². The van der Waals surface area contributed by atoms with Gasteiger partial charge in [0.05, 0.1) is 0 Å². The first-order valence-corrected chi connectivity index (χ1v) is 13.1. The van der Waals surface area contributed by atoms with Gasteiger partial charge in [0.15, 0.2) is 0 Å². The minimum atomic E-state index is -2.15. The fourth-order valence-corrected chi connectivity index (χ4v) is 6.97. The Kier molecular flexibility index (Phi) is 6.17. The third-order valence-corrected chi connectivity index (χ3v) is 9.85. The van der Waals surface area contributed by atoms with Crippen LogP contribution in [0.15, 0.2) is 125 Å². The summed E-state index contributed by atoms with van der Waals surface area (Å²) in [7, 11) is 0. The number of nitrogens with zero attached hydrogens (tertiary/aromatic N) is 2. The van der Waals surface area contributed by atoms with E-state index >= 15 is 0 Å². The molecule has 0 aliphatic heterocycles. The molecule has 0 saturated heterocycles. The molecule has 5 heteroatoms. The molecule has 0 spiro atoms. The van der Waals surface area contributed by atoms with Crippen LogP contribution in [-0.4, -0.2) is 15.1 Å². The number of rotatable bonds is 6. The van der Waals surface area contributed by atoms with E-state index in [1.54, 1.807) is 0 Å². The van der Waals surface area contributed by atoms with Gasteiger partial charge in [-0.1, -0.05) is 0 Å². The van der Waals surface area contributed by atoms with Crippen LogP contribution in [0.1, 0.15) is 0 Å². The zero-order valence-electron chi connectivity index (χ0n) is 15.6. The van der Waals surface area contributed by atoms with Gasteiger partial charge in [-0.25, -0.2) is 0 Å². The van der Waals surface area contributed by atoms with Crippen LogP contribution in [0.3, 0.4) is 0 Å². The molecule has 0 N–H and O–H groups in total. The van der Waals surface area contributed by atoms with Crippen molar-refractivity contribution in [2.45, 2.75) is 0 Å². The van der Waals surface area contributed by atoms with Crippen molar-refractivity contribution in [3.05, 3.63) is 115 Å². The molecule has 29 heavy (non-hydrogen) atoms. The van der Waals surface area contributed by atoms with Crippen molar-refractivity contribution >= 4 is 42.8 Å². The van der Waals surface area contributed by atoms with Gasteiger partial charge < -0.3 is 0 Å². The number of azo groups is 1. The van der Waals surface area contributed by atoms with E-state index in [1.165, 1.54) is 0 Å². The van der Waals surface area contributed by atoms with Crippen molar-refractivity contribution in [3.63, 3.8) is 0 Å². The van der Waals surface area contributed by atoms with Gasteiger partial charge in [0.1, 0.15) is 0 Å². The van der Waals surface area contributed by atoms with Crippen LogP contribution in [-0.2, 0) is 0 Å². The van der Waals surface area contributed by atoms with Crippen LogP contribution in [0.5, 0.6) is 5.75 Å². The van der Waals surface area contributed by atoms with Crippen LogP contribution in [0.2, 0.25) is 0 Å². The van der Waals surface area contributed by atoms with Crippen LogP contribution >= 0.6 is 5.74 Å². The van der Waals surface area contributed by atoms with Crippen molar-refractivity contribution in [1.29, 1.82) is 0 Å². The predicted octanol–water partition coefficient (Wildman–Crippen LogP) is 6.15. The summed E-state index contributed by atoms with van der Waals surface area (Å²) >= 11 is 3.38. The number of hydrogen-bond acceptors (Lipinski definition) is 3. The molecule has 0 amide bonds. The standard InChI is InChI=1S/C24H19N2OPSe/c29-28(23-12-6-2-7-13-23,24-14-8-3-9-15-24)27-22-18-16-21(17-19-22)26-25-20-10-4-1-5-11-20/h1-19H. The SMILES string of the molecule is [Se]=P(Oc1ccc(N=Nc2ccccc2)cc1)(c1ccccc1)c1ccccc1. The van der Waals surface area contributed by atoms with E-state index in [9.17, 15) is 0 Å². The van der Waals surface area contributed by atoms with Crippen molar-refractivity contribution in [1.82, 2.24) is 0 Å². The van der Waals surface area contributed by atoms with E-state index in [1.807, 2.05) is 91.0 Å². The third kappa shape index (κ3) is 4.80. The second-order valence-corrected chi connectivity index (χ2v) is 11.9. The summed E-state index contributed by atoms with van der Waals surface area (Å²) in [6.07, 6.45) is 0. The van der Waals surface area contributed by atoms with Gasteiger partial charge in [0.2, 0.25) is 0 Å². The fourth-order valence-electron chi connectivity index (χ4n) is 2.84. The molecule has 0 aliphatic rings. The topological polar surface area (TPSA) is 34.0 Å². The summed E-state index contributed by atoms with van der Waals surface area (Å²) < 4.78 is 6.58. The second-order valence-electron chi connectivity index (χ2n) is 6.34. The number of hydrogen-bond donors (Lipinski definition) is 0. The van der Waals surface area contributed by atoms with Gasteiger partial charge in [-0.05, 0) is 0 Å². The zero-order chi connectivity index (χ0) is 19.9. The molecule has 3 nitrogen and oxygen atoms in total. The quantitative estimate of drug-likeness (QED) is 0.193. The average Bonchev–Trinajstić information content (AvgIpc) is 2.80. The van der Waals surface area contributed by atoms with E-state index in [0.29, 0.717) is 0 Å². The van der Waals surface area contributed by atoms with Gasteiger partial charge in [-0.2, -0.15) is 0 Å². The van der Waals surface area contributed by atoms with Gasteiger partial charge in [0.25, 0.3) is 0 Å². The summed E-state index contributed by atoms with van der Waals surface area (Å²) in [6.45, 7) is 0. The summed E-state index contributed by atoms with van der Waals surface area (Å²) in [4.78, 5) is 0. The van der Waals surface area contributed by atoms with Crippen molar-refractivity contribution < 1.29 is 4.52 Å². The predicted molar refractivity (Wildman–Crippen MR) is 123 cm³/mol. The van der Waals surface area contributed by atoms with E-state index in [-0.39, 0.29) is 0 Å². The van der Waals surface area contributed by atoms with Crippen LogP contribution in [0, 0.1) is 0 Å². The Morgan fingerprint density at radius 2 is 0.931 bits per heavy atom. The molecule has 0 unspecified atom stereocenters. The van der Waals surface area contributed by atoms with Gasteiger partial charge in [-0.15, -0.1) is 0 Å². The van der Waals surface area contributed by atoms with Crippen molar-refractivity contribution in [3.8, 4) is 5.75 Å². The molecule has 0 aliphatic carbocycles. The minimum absolute atomic E-state index is 0.782. The molecule has 0 bridgehead atoms. The van der Waals surface area contributed by atoms with Crippen LogP contribution < -0.4 is 15.1 Å². The normalized spacial score (nSPS) is 11.4. The second kappa shape index (κ2) is 9.15. The molecular weight excluding hydrogens is 442 g/mol. The monoisotopic (exact) mass is 462 g/mol. The molecular formula is C24H19N2OPSe. The molecule has 4 aromatic rings. The molecule has 4 aromatic carbocycles. The molecule has 4 rings (SSSR count). The summed E-state index contributed by atoms with van der Waals surface area (Å²) in [5, 5.41) is 10.9. The Hall–Kier alpha value is -2.77. The van der Waals surface area contributed by atoms with E-state index in [2.05, 4.69) is 49.6 Å². The molecule has 142 valence electrons. The fraction of sp³-hybridized carbons (Fsp3) is 0. The number of benzene rings is 4. The Bertz CT molecular complexity index is 1090. The van der Waals surface area contributed by atoms with E-state index in [0.717, 1.165) is 27.7 Å². The summed E-state index contributed by atoms with van der Waals surface area (Å²) in [6, 6.07) is 38.1. The Morgan fingerprint density at radius 1 is 0.517 bits per heavy atom. The molecule has 0 saturated carbocycles. The zero-order valence-corrected chi connectivity index (χ0v) is 18.2. The maximum absolute atomic E-state index is 6.58. The average molecular weight is 461 g/mol. The summed E-state index contributed by atoms with van der Waals surface area (Å²) in [5.74, 6) is 0.795. The first-order valence-electron chi connectivity index (χ1n) is 9.22. The summed E-state index contributed by atoms with van der Waals surface area (Å²) in [5.41, 5.74) is -0.543. The van der Waals surface area contributed by atoms with Crippen molar-refractivity contribution in [2.75, 3.05) is 0 Å². The van der Waals surface area contributed by atoms with E-state index < -0.39 is 5.74 Å². The molecule has 0 radical (unpaired) electrons. The molecule has 0 atom stereocenters. The molecule has 0 heterocycles. The Morgan fingerprint density at radius 3 is 1.41 bits per heavy atom. The van der Waals surface area contributed by atoms with Gasteiger partial charge in [0, 0.05) is 0 Å². The first-order chi connectivity index (χ1) is 14.2. The Labute approximate surface area is 178 Å². The molecule has 0 fully saturated rings. The maximum atomic E-state index is 6.58. The first kappa shape index (κ1) is 19.5. The molecule has 0 aromatic heterocycles. The Balaban J connectivity index is 1.60.